The molecule has 0 saturated heterocycles. The van der Waals surface area contributed by atoms with Gasteiger partial charge >= 0.3 is 5.97 Å². The Morgan fingerprint density at radius 1 is 1.25 bits per heavy atom. The summed E-state index contributed by atoms with van der Waals surface area (Å²) in [5.41, 5.74) is -1.20. The van der Waals surface area contributed by atoms with Gasteiger partial charge in [-0.25, -0.2) is 22.0 Å². The Hall–Kier alpha value is -2.03. The quantitative estimate of drug-likeness (QED) is 0.865. The highest BCUT2D eigenvalue weighted by Crippen LogP contribution is 2.21. The summed E-state index contributed by atoms with van der Waals surface area (Å²) in [7, 11) is -3.70. The molecule has 6 nitrogen and oxygen atoms in total. The molecule has 0 aromatic heterocycles. The van der Waals surface area contributed by atoms with Gasteiger partial charge in [-0.2, -0.15) is 0 Å². The van der Waals surface area contributed by atoms with Crippen LogP contribution in [0, 0.1) is 11.6 Å². The fraction of sp³-hybridized carbons (Fsp3) is 0.273. The molecule has 0 spiro atoms. The third-order valence-electron chi connectivity index (χ3n) is 2.56. The molecule has 9 heteroatoms. The predicted octanol–water partition coefficient (Wildman–Crippen LogP) is 1.03. The highest BCUT2D eigenvalue weighted by Gasteiger charge is 2.25. The first kappa shape index (κ1) is 16.0. The molecule has 0 aliphatic rings. The number of carboxylic acids is 1. The molecule has 1 unspecified atom stereocenters. The molecule has 1 rings (SSSR count). The fourth-order valence-electron chi connectivity index (χ4n) is 1.26. The average Bonchev–Trinajstić information content (AvgIpc) is 2.30. The Balaban J connectivity index is 3.18. The van der Waals surface area contributed by atoms with E-state index in [-0.39, 0.29) is 0 Å². The first-order chi connectivity index (χ1) is 9.04. The summed E-state index contributed by atoms with van der Waals surface area (Å²) in [6.07, 6.45) is 0.820. The number of carbonyl (C=O) groups excluding carboxylic acids is 1. The van der Waals surface area contributed by atoms with E-state index < -0.39 is 49.8 Å². The van der Waals surface area contributed by atoms with E-state index in [1.54, 1.807) is 0 Å². The van der Waals surface area contributed by atoms with Crippen LogP contribution in [0.1, 0.15) is 17.3 Å². The number of hydrogen-bond donors (Lipinski definition) is 2. The molecule has 0 saturated carbocycles. The largest absolute Gasteiger partial charge is 0.478 e. The molecule has 2 N–H and O–H groups in total. The third-order valence-corrected chi connectivity index (χ3v) is 4.06. The molecule has 0 radical (unpaired) electrons. The van der Waals surface area contributed by atoms with Gasteiger partial charge in [0.25, 0.3) is 0 Å². The van der Waals surface area contributed by atoms with E-state index in [4.69, 9.17) is 5.11 Å². The van der Waals surface area contributed by atoms with Crippen LogP contribution in [0.2, 0.25) is 0 Å². The van der Waals surface area contributed by atoms with Crippen LogP contribution in [0.3, 0.4) is 0 Å². The summed E-state index contributed by atoms with van der Waals surface area (Å²) in [6, 6.07) is 0.879. The smallest absolute Gasteiger partial charge is 0.337 e. The molecule has 0 bridgehead atoms. The highest BCUT2D eigenvalue weighted by atomic mass is 32.2. The van der Waals surface area contributed by atoms with Gasteiger partial charge in [0.2, 0.25) is 5.91 Å². The zero-order valence-corrected chi connectivity index (χ0v) is 11.3. The molecule has 1 aromatic rings. The number of rotatable bonds is 4. The van der Waals surface area contributed by atoms with Crippen molar-refractivity contribution in [2.45, 2.75) is 12.2 Å². The summed E-state index contributed by atoms with van der Waals surface area (Å²) < 4.78 is 48.4. The van der Waals surface area contributed by atoms with Crippen molar-refractivity contribution in [1.29, 1.82) is 0 Å². The Bertz CT molecular complexity index is 672. The van der Waals surface area contributed by atoms with Gasteiger partial charge < -0.3 is 10.4 Å². The maximum atomic E-state index is 13.1. The standard InChI is InChI=1S/C11H11F2NO5S/c1-5(20(2,18)19)10(15)14-9-4-8(13)7(12)3-6(9)11(16)17/h3-5H,1-2H3,(H,14,15)(H,16,17). The molecule has 0 heterocycles. The lowest BCUT2D eigenvalue weighted by Crippen LogP contribution is -2.32. The van der Waals surface area contributed by atoms with E-state index in [1.807, 2.05) is 5.32 Å². The zero-order valence-electron chi connectivity index (χ0n) is 10.5. The first-order valence-electron chi connectivity index (χ1n) is 5.26. The van der Waals surface area contributed by atoms with Gasteiger partial charge in [0, 0.05) is 12.3 Å². The number of carbonyl (C=O) groups is 2. The van der Waals surface area contributed by atoms with Crippen LogP contribution in [0.25, 0.3) is 0 Å². The molecule has 20 heavy (non-hydrogen) atoms. The summed E-state index contributed by atoms with van der Waals surface area (Å²) in [6.45, 7) is 1.09. The molecular formula is C11H11F2NO5S. The van der Waals surface area contributed by atoms with Crippen LogP contribution in [0.15, 0.2) is 12.1 Å². The number of nitrogens with one attached hydrogen (secondary N) is 1. The van der Waals surface area contributed by atoms with E-state index >= 15 is 0 Å². The minimum Gasteiger partial charge on any atom is -0.478 e. The maximum absolute atomic E-state index is 13.1. The molecule has 110 valence electrons. The van der Waals surface area contributed by atoms with E-state index in [1.165, 1.54) is 0 Å². The van der Waals surface area contributed by atoms with E-state index in [2.05, 4.69) is 0 Å². The number of halogens is 2. The second-order valence-electron chi connectivity index (χ2n) is 4.08. The van der Waals surface area contributed by atoms with Crippen molar-refractivity contribution in [2.24, 2.45) is 0 Å². The maximum Gasteiger partial charge on any atom is 0.337 e. The minimum absolute atomic E-state index is 0.401. The van der Waals surface area contributed by atoms with Gasteiger partial charge in [0.15, 0.2) is 21.5 Å². The highest BCUT2D eigenvalue weighted by molar-refractivity contribution is 7.92. The number of anilines is 1. The van der Waals surface area contributed by atoms with Crippen molar-refractivity contribution in [3.05, 3.63) is 29.3 Å². The Kier molecular flexibility index (Phi) is 4.43. The van der Waals surface area contributed by atoms with Gasteiger partial charge in [-0.15, -0.1) is 0 Å². The predicted molar refractivity (Wildman–Crippen MR) is 66.3 cm³/mol. The van der Waals surface area contributed by atoms with Crippen LogP contribution in [0.4, 0.5) is 14.5 Å². The number of amides is 1. The van der Waals surface area contributed by atoms with E-state index in [0.717, 1.165) is 13.2 Å². The number of sulfone groups is 1. The van der Waals surface area contributed by atoms with Crippen LogP contribution in [-0.2, 0) is 14.6 Å². The van der Waals surface area contributed by atoms with Crippen LogP contribution in [0.5, 0.6) is 0 Å². The second kappa shape index (κ2) is 5.53. The van der Waals surface area contributed by atoms with Gasteiger partial charge in [-0.1, -0.05) is 0 Å². The topological polar surface area (TPSA) is 101 Å². The molecule has 1 aromatic carbocycles. The lowest BCUT2D eigenvalue weighted by molar-refractivity contribution is -0.115. The monoisotopic (exact) mass is 307 g/mol. The van der Waals surface area contributed by atoms with Crippen molar-refractivity contribution in [3.8, 4) is 0 Å². The van der Waals surface area contributed by atoms with Crippen LogP contribution < -0.4 is 5.32 Å². The van der Waals surface area contributed by atoms with Gasteiger partial charge in [-0.05, 0) is 13.0 Å². The van der Waals surface area contributed by atoms with Gasteiger partial charge in [-0.3, -0.25) is 4.79 Å². The Labute approximate surface area is 113 Å². The summed E-state index contributed by atoms with van der Waals surface area (Å²) in [5.74, 6) is -5.39. The fourth-order valence-corrected chi connectivity index (χ4v) is 1.70. The van der Waals surface area contributed by atoms with E-state index in [9.17, 15) is 26.8 Å². The lowest BCUT2D eigenvalue weighted by Gasteiger charge is -2.12. The summed E-state index contributed by atoms with van der Waals surface area (Å²) >= 11 is 0. The number of hydrogen-bond acceptors (Lipinski definition) is 4. The van der Waals surface area contributed by atoms with Crippen molar-refractivity contribution in [1.82, 2.24) is 0 Å². The molecule has 0 aliphatic heterocycles. The van der Waals surface area contributed by atoms with Gasteiger partial charge in [0.05, 0.1) is 11.3 Å². The number of aromatic carboxylic acids is 1. The van der Waals surface area contributed by atoms with Gasteiger partial charge in [0.1, 0.15) is 5.25 Å². The normalized spacial score (nSPS) is 12.8. The van der Waals surface area contributed by atoms with Crippen LogP contribution in [-0.4, -0.2) is 36.9 Å². The molecule has 0 aliphatic carbocycles. The lowest BCUT2D eigenvalue weighted by atomic mass is 10.1. The molecule has 0 fully saturated rings. The van der Waals surface area contributed by atoms with Crippen molar-refractivity contribution in [3.63, 3.8) is 0 Å². The second-order valence-corrected chi connectivity index (χ2v) is 6.44. The Morgan fingerprint density at radius 2 is 1.75 bits per heavy atom. The van der Waals surface area contributed by atoms with Crippen molar-refractivity contribution in [2.75, 3.05) is 11.6 Å². The third kappa shape index (κ3) is 3.50. The zero-order chi connectivity index (χ0) is 15.7. The SMILES string of the molecule is CC(C(=O)Nc1cc(F)c(F)cc1C(=O)O)S(C)(=O)=O. The number of benzene rings is 1. The molecular weight excluding hydrogens is 296 g/mol. The Morgan fingerprint density at radius 3 is 2.20 bits per heavy atom. The van der Waals surface area contributed by atoms with Crippen molar-refractivity contribution >= 4 is 27.4 Å². The number of carboxylic acid groups (broad SMARTS) is 1. The summed E-state index contributed by atoms with van der Waals surface area (Å²) in [5, 5.41) is 9.33. The molecule has 1 amide bonds. The minimum atomic E-state index is -3.70. The first-order valence-corrected chi connectivity index (χ1v) is 7.21. The molecule has 1 atom stereocenters. The van der Waals surface area contributed by atoms with E-state index in [0.29, 0.717) is 12.1 Å². The van der Waals surface area contributed by atoms with Crippen LogP contribution >= 0.6 is 0 Å². The summed E-state index contributed by atoms with van der Waals surface area (Å²) in [4.78, 5) is 22.5. The van der Waals surface area contributed by atoms with Crippen molar-refractivity contribution < 1.29 is 31.9 Å². The average molecular weight is 307 g/mol.